The third kappa shape index (κ3) is 2.96. The van der Waals surface area contributed by atoms with E-state index in [0.29, 0.717) is 5.69 Å². The first kappa shape index (κ1) is 16.0. The van der Waals surface area contributed by atoms with Gasteiger partial charge >= 0.3 is 0 Å². The number of fused-ring (bicyclic) bond motifs is 1. The zero-order valence-corrected chi connectivity index (χ0v) is 14.1. The van der Waals surface area contributed by atoms with Gasteiger partial charge in [0.25, 0.3) is 10.0 Å². The predicted octanol–water partition coefficient (Wildman–Crippen LogP) is 3.36. The zero-order valence-electron chi connectivity index (χ0n) is 13.2. The Kier molecular flexibility index (Phi) is 3.99. The molecule has 24 heavy (non-hydrogen) atoms. The summed E-state index contributed by atoms with van der Waals surface area (Å²) >= 11 is 0. The normalized spacial score (nSPS) is 11.6. The standard InChI is InChI=1S/C17H16N4O2S/c1-11(2)17-19-14-8-7-13(9-15(14)20-17)21-24(22,23)16-6-4-3-5-12(16)10-18/h3-9,11,21H,1-2H3,(H,19,20). The van der Waals surface area contributed by atoms with Crippen LogP contribution in [0.15, 0.2) is 47.4 Å². The number of hydrogen-bond donors (Lipinski definition) is 2. The van der Waals surface area contributed by atoms with Crippen molar-refractivity contribution in [3.05, 3.63) is 53.9 Å². The number of benzene rings is 2. The molecular formula is C17H16N4O2S. The van der Waals surface area contributed by atoms with E-state index in [1.54, 1.807) is 30.3 Å². The highest BCUT2D eigenvalue weighted by Crippen LogP contribution is 2.23. The van der Waals surface area contributed by atoms with Crippen LogP contribution < -0.4 is 4.72 Å². The molecule has 6 nitrogen and oxygen atoms in total. The minimum absolute atomic E-state index is 0.0416. The molecule has 1 heterocycles. The molecular weight excluding hydrogens is 324 g/mol. The van der Waals surface area contributed by atoms with E-state index in [1.165, 1.54) is 12.1 Å². The highest BCUT2D eigenvalue weighted by molar-refractivity contribution is 7.92. The Morgan fingerprint density at radius 3 is 2.67 bits per heavy atom. The summed E-state index contributed by atoms with van der Waals surface area (Å²) in [6.07, 6.45) is 0. The average molecular weight is 340 g/mol. The van der Waals surface area contributed by atoms with E-state index in [0.717, 1.165) is 16.9 Å². The van der Waals surface area contributed by atoms with E-state index >= 15 is 0 Å². The second kappa shape index (κ2) is 5.98. The molecule has 0 aliphatic heterocycles. The topological polar surface area (TPSA) is 98.6 Å². The van der Waals surface area contributed by atoms with Crippen molar-refractivity contribution >= 4 is 26.7 Å². The lowest BCUT2D eigenvalue weighted by Crippen LogP contribution is -2.14. The van der Waals surface area contributed by atoms with Crippen molar-refractivity contribution in [3.8, 4) is 6.07 Å². The number of rotatable bonds is 4. The number of nitriles is 1. The Morgan fingerprint density at radius 2 is 1.96 bits per heavy atom. The minimum Gasteiger partial charge on any atom is -0.342 e. The van der Waals surface area contributed by atoms with Gasteiger partial charge in [-0.15, -0.1) is 0 Å². The van der Waals surface area contributed by atoms with Gasteiger partial charge in [0, 0.05) is 5.92 Å². The molecule has 0 amide bonds. The third-order valence-electron chi connectivity index (χ3n) is 3.60. The van der Waals surface area contributed by atoms with Crippen LogP contribution in [0.2, 0.25) is 0 Å². The van der Waals surface area contributed by atoms with Crippen LogP contribution in [-0.4, -0.2) is 18.4 Å². The maximum atomic E-state index is 12.5. The number of imidazole rings is 1. The lowest BCUT2D eigenvalue weighted by molar-refractivity contribution is 0.601. The third-order valence-corrected chi connectivity index (χ3v) is 5.04. The molecule has 122 valence electrons. The molecule has 0 atom stereocenters. The maximum absolute atomic E-state index is 12.5. The van der Waals surface area contributed by atoms with E-state index in [-0.39, 0.29) is 16.4 Å². The van der Waals surface area contributed by atoms with E-state index in [9.17, 15) is 8.42 Å². The molecule has 0 aliphatic rings. The molecule has 1 aromatic heterocycles. The zero-order chi connectivity index (χ0) is 17.3. The summed E-state index contributed by atoms with van der Waals surface area (Å²) in [5, 5.41) is 9.09. The van der Waals surface area contributed by atoms with Gasteiger partial charge in [0.1, 0.15) is 16.8 Å². The molecule has 7 heteroatoms. The molecule has 0 bridgehead atoms. The van der Waals surface area contributed by atoms with Crippen LogP contribution in [0.3, 0.4) is 0 Å². The number of sulfonamides is 1. The van der Waals surface area contributed by atoms with Gasteiger partial charge in [0.15, 0.2) is 0 Å². The summed E-state index contributed by atoms with van der Waals surface area (Å²) in [5.41, 5.74) is 2.05. The highest BCUT2D eigenvalue weighted by atomic mass is 32.2. The molecule has 2 aromatic carbocycles. The quantitative estimate of drug-likeness (QED) is 0.760. The Hall–Kier alpha value is -2.85. The van der Waals surface area contributed by atoms with E-state index < -0.39 is 10.0 Å². The highest BCUT2D eigenvalue weighted by Gasteiger charge is 2.18. The Balaban J connectivity index is 1.98. The van der Waals surface area contributed by atoms with Crippen LogP contribution in [0.1, 0.15) is 31.2 Å². The Labute approximate surface area is 140 Å². The van der Waals surface area contributed by atoms with Gasteiger partial charge in [-0.1, -0.05) is 26.0 Å². The minimum atomic E-state index is -3.84. The molecule has 0 spiro atoms. The molecule has 0 fully saturated rings. The first-order valence-electron chi connectivity index (χ1n) is 7.42. The average Bonchev–Trinajstić information content (AvgIpc) is 2.98. The molecule has 0 saturated heterocycles. The number of aromatic amines is 1. The summed E-state index contributed by atoms with van der Waals surface area (Å²) in [4.78, 5) is 7.60. The first-order valence-corrected chi connectivity index (χ1v) is 8.90. The van der Waals surface area contributed by atoms with Crippen LogP contribution in [-0.2, 0) is 10.0 Å². The maximum Gasteiger partial charge on any atom is 0.263 e. The fraction of sp³-hybridized carbons (Fsp3) is 0.176. The number of H-pyrrole nitrogens is 1. The number of hydrogen-bond acceptors (Lipinski definition) is 4. The fourth-order valence-electron chi connectivity index (χ4n) is 2.37. The summed E-state index contributed by atoms with van der Waals surface area (Å²) in [7, 11) is -3.84. The van der Waals surface area contributed by atoms with Crippen molar-refractivity contribution in [3.63, 3.8) is 0 Å². The largest absolute Gasteiger partial charge is 0.342 e. The van der Waals surface area contributed by atoms with Crippen molar-refractivity contribution in [1.29, 1.82) is 5.26 Å². The SMILES string of the molecule is CC(C)c1nc2ccc(NS(=O)(=O)c3ccccc3C#N)cc2[nH]1. The fourth-order valence-corrected chi connectivity index (χ4v) is 3.58. The molecule has 3 rings (SSSR count). The van der Waals surface area contributed by atoms with Crippen LogP contribution in [0.4, 0.5) is 5.69 Å². The lowest BCUT2D eigenvalue weighted by atomic mass is 10.2. The number of anilines is 1. The van der Waals surface area contributed by atoms with E-state index in [1.807, 2.05) is 19.9 Å². The number of nitrogens with one attached hydrogen (secondary N) is 2. The van der Waals surface area contributed by atoms with Gasteiger partial charge in [-0.05, 0) is 30.3 Å². The van der Waals surface area contributed by atoms with Crippen molar-refractivity contribution < 1.29 is 8.42 Å². The number of nitrogens with zero attached hydrogens (tertiary/aromatic N) is 2. The van der Waals surface area contributed by atoms with Crippen molar-refractivity contribution in [1.82, 2.24) is 9.97 Å². The van der Waals surface area contributed by atoms with Gasteiger partial charge < -0.3 is 4.98 Å². The van der Waals surface area contributed by atoms with Gasteiger partial charge in [-0.2, -0.15) is 5.26 Å². The van der Waals surface area contributed by atoms with E-state index in [4.69, 9.17) is 5.26 Å². The van der Waals surface area contributed by atoms with Crippen LogP contribution in [0.25, 0.3) is 11.0 Å². The first-order chi connectivity index (χ1) is 11.4. The van der Waals surface area contributed by atoms with E-state index in [2.05, 4.69) is 14.7 Å². The molecule has 0 aliphatic carbocycles. The summed E-state index contributed by atoms with van der Waals surface area (Å²) in [5.74, 6) is 1.10. The van der Waals surface area contributed by atoms with Crippen molar-refractivity contribution in [2.24, 2.45) is 0 Å². The monoisotopic (exact) mass is 340 g/mol. The molecule has 0 radical (unpaired) electrons. The summed E-state index contributed by atoms with van der Waals surface area (Å²) in [6, 6.07) is 13.1. The van der Waals surface area contributed by atoms with Gasteiger partial charge in [-0.25, -0.2) is 13.4 Å². The molecule has 0 unspecified atom stereocenters. The van der Waals surface area contributed by atoms with Gasteiger partial charge in [0.2, 0.25) is 0 Å². The smallest absolute Gasteiger partial charge is 0.263 e. The number of aromatic nitrogens is 2. The van der Waals surface area contributed by atoms with Crippen molar-refractivity contribution in [2.45, 2.75) is 24.7 Å². The molecule has 0 saturated carbocycles. The van der Waals surface area contributed by atoms with Crippen LogP contribution >= 0.6 is 0 Å². The Morgan fingerprint density at radius 1 is 1.21 bits per heavy atom. The molecule has 2 N–H and O–H groups in total. The second-order valence-corrected chi connectivity index (χ2v) is 7.37. The van der Waals surface area contributed by atoms with Gasteiger partial charge in [-0.3, -0.25) is 4.72 Å². The van der Waals surface area contributed by atoms with Crippen LogP contribution in [0.5, 0.6) is 0 Å². The Bertz CT molecular complexity index is 1050. The van der Waals surface area contributed by atoms with Crippen molar-refractivity contribution in [2.75, 3.05) is 4.72 Å². The van der Waals surface area contributed by atoms with Gasteiger partial charge in [0.05, 0.1) is 22.3 Å². The summed E-state index contributed by atoms with van der Waals surface area (Å²) in [6.45, 7) is 4.06. The predicted molar refractivity (Wildman–Crippen MR) is 92.1 cm³/mol. The lowest BCUT2D eigenvalue weighted by Gasteiger charge is -2.09. The molecule has 3 aromatic rings. The summed E-state index contributed by atoms with van der Waals surface area (Å²) < 4.78 is 27.6. The van der Waals surface area contributed by atoms with Crippen LogP contribution in [0, 0.1) is 11.3 Å². The second-order valence-electron chi connectivity index (χ2n) is 5.72.